The van der Waals surface area contributed by atoms with Gasteiger partial charge in [0.2, 0.25) is 0 Å². The smallest absolute Gasteiger partial charge is 0.0544 e. The predicted molar refractivity (Wildman–Crippen MR) is 49.3 cm³/mol. The quantitative estimate of drug-likeness (QED) is 0.437. The Labute approximate surface area is 68.2 Å². The highest BCUT2D eigenvalue weighted by Gasteiger charge is 1.89. The van der Waals surface area contributed by atoms with Crippen molar-refractivity contribution in [1.29, 1.82) is 0 Å². The van der Waals surface area contributed by atoms with Crippen LogP contribution < -0.4 is 0 Å². The molecule has 0 rings (SSSR count). The van der Waals surface area contributed by atoms with Gasteiger partial charge in [0.15, 0.2) is 0 Å². The lowest BCUT2D eigenvalue weighted by Crippen LogP contribution is -2.13. The van der Waals surface area contributed by atoms with E-state index >= 15 is 0 Å². The maximum absolute atomic E-state index is 5.09. The molecule has 0 fully saturated rings. The molecule has 58 valence electrons. The minimum absolute atomic E-state index is 0.855. The summed E-state index contributed by atoms with van der Waals surface area (Å²) < 4.78 is 0. The van der Waals surface area contributed by atoms with E-state index in [9.17, 15) is 0 Å². The van der Waals surface area contributed by atoms with Crippen LogP contribution in [0.3, 0.4) is 0 Å². The lowest BCUT2D eigenvalue weighted by atomic mass is 10.5. The van der Waals surface area contributed by atoms with E-state index in [2.05, 4.69) is 24.9 Å². The molecule has 0 aliphatic carbocycles. The van der Waals surface area contributed by atoms with Gasteiger partial charge in [-0.15, -0.1) is 18.2 Å². The van der Waals surface area contributed by atoms with Gasteiger partial charge in [-0.25, -0.2) is 0 Å². The third-order valence-corrected chi connectivity index (χ3v) is 2.03. The second-order valence-corrected chi connectivity index (χ2v) is 3.52. The molecule has 0 saturated carbocycles. The van der Waals surface area contributed by atoms with E-state index in [-0.39, 0.29) is 0 Å². The molecular weight excluding hydrogens is 142 g/mol. The zero-order chi connectivity index (χ0) is 7.82. The molecule has 10 heavy (non-hydrogen) atoms. The Morgan fingerprint density at radius 3 is 2.70 bits per heavy atom. The summed E-state index contributed by atoms with van der Waals surface area (Å²) in [7, 11) is 4.18. The van der Waals surface area contributed by atoms with E-state index in [0.29, 0.717) is 0 Å². The van der Waals surface area contributed by atoms with Crippen molar-refractivity contribution in [3.63, 3.8) is 0 Å². The summed E-state index contributed by atoms with van der Waals surface area (Å²) in [6.07, 6.45) is 6.32. The fraction of sp³-hybridized carbons (Fsp3) is 0.750. The molecule has 0 amide bonds. The monoisotopic (exact) mass is 157 g/mol. The van der Waals surface area contributed by atoms with Crippen molar-refractivity contribution in [2.75, 3.05) is 32.1 Å². The Bertz CT molecular complexity index is 104. The number of hydrogen-bond acceptors (Lipinski definition) is 2. The van der Waals surface area contributed by atoms with Crippen LogP contribution >= 0.6 is 11.8 Å². The molecule has 0 aliphatic rings. The van der Waals surface area contributed by atoms with Gasteiger partial charge >= 0.3 is 0 Å². The molecule has 1 nitrogen and oxygen atoms in total. The van der Waals surface area contributed by atoms with Crippen LogP contribution in [0.1, 0.15) is 6.42 Å². The molecule has 0 spiro atoms. The zero-order valence-electron chi connectivity index (χ0n) is 6.76. The highest BCUT2D eigenvalue weighted by molar-refractivity contribution is 7.99. The van der Waals surface area contributed by atoms with Crippen molar-refractivity contribution in [2.24, 2.45) is 0 Å². The first-order valence-corrected chi connectivity index (χ1v) is 4.58. The molecule has 0 aromatic rings. The SMILES string of the molecule is C#CCSCCCN(C)C. The molecule has 0 atom stereocenters. The van der Waals surface area contributed by atoms with Gasteiger partial charge in [0.1, 0.15) is 0 Å². The fourth-order valence-electron chi connectivity index (χ4n) is 0.614. The molecule has 0 radical (unpaired) electrons. The standard InChI is InChI=1S/C8H15NS/c1-4-7-10-8-5-6-9(2)3/h1H,5-8H2,2-3H3. The maximum atomic E-state index is 5.09. The summed E-state index contributed by atoms with van der Waals surface area (Å²) in [6, 6.07) is 0. The molecule has 0 saturated heterocycles. The number of nitrogens with zero attached hydrogens (tertiary/aromatic N) is 1. The lowest BCUT2D eigenvalue weighted by molar-refractivity contribution is 0.410. The fourth-order valence-corrected chi connectivity index (χ4v) is 1.21. The van der Waals surface area contributed by atoms with Crippen LogP contribution in [-0.2, 0) is 0 Å². The van der Waals surface area contributed by atoms with E-state index in [1.807, 2.05) is 11.8 Å². The summed E-state index contributed by atoms with van der Waals surface area (Å²) in [4.78, 5) is 2.19. The second kappa shape index (κ2) is 6.98. The van der Waals surface area contributed by atoms with Crippen molar-refractivity contribution in [3.8, 4) is 12.3 Å². The highest BCUT2D eigenvalue weighted by Crippen LogP contribution is 2.00. The Balaban J connectivity index is 2.86. The average molecular weight is 157 g/mol. The third-order valence-electron chi connectivity index (χ3n) is 1.08. The van der Waals surface area contributed by atoms with Gasteiger partial charge in [-0.05, 0) is 32.8 Å². The van der Waals surface area contributed by atoms with E-state index < -0.39 is 0 Å². The predicted octanol–water partition coefficient (Wildman–Crippen LogP) is 1.30. The molecule has 2 heteroatoms. The minimum atomic E-state index is 0.855. The molecule has 0 aromatic heterocycles. The Kier molecular flexibility index (Phi) is 6.89. The molecule has 0 N–H and O–H groups in total. The maximum Gasteiger partial charge on any atom is 0.0544 e. The van der Waals surface area contributed by atoms with Gasteiger partial charge in [-0.2, -0.15) is 0 Å². The van der Waals surface area contributed by atoms with Gasteiger partial charge < -0.3 is 4.90 Å². The molecule has 0 aromatic carbocycles. The topological polar surface area (TPSA) is 3.24 Å². The molecular formula is C8H15NS. The first-order chi connectivity index (χ1) is 4.77. The highest BCUT2D eigenvalue weighted by atomic mass is 32.2. The average Bonchev–Trinajstić information content (AvgIpc) is 1.87. The number of terminal acetylenes is 1. The van der Waals surface area contributed by atoms with Crippen molar-refractivity contribution in [2.45, 2.75) is 6.42 Å². The summed E-state index contributed by atoms with van der Waals surface area (Å²) in [5.41, 5.74) is 0. The van der Waals surface area contributed by atoms with Crippen LogP contribution in [-0.4, -0.2) is 37.0 Å². The van der Waals surface area contributed by atoms with Crippen LogP contribution in [0.5, 0.6) is 0 Å². The third kappa shape index (κ3) is 7.87. The van der Waals surface area contributed by atoms with Crippen LogP contribution in [0.15, 0.2) is 0 Å². The van der Waals surface area contributed by atoms with Gasteiger partial charge in [0.05, 0.1) is 5.75 Å². The Morgan fingerprint density at radius 2 is 2.20 bits per heavy atom. The normalized spacial score (nSPS) is 9.80. The molecule has 0 aliphatic heterocycles. The minimum Gasteiger partial charge on any atom is -0.309 e. The van der Waals surface area contributed by atoms with Gasteiger partial charge in [-0.1, -0.05) is 5.92 Å². The van der Waals surface area contributed by atoms with E-state index in [1.54, 1.807) is 0 Å². The lowest BCUT2D eigenvalue weighted by Gasteiger charge is -2.07. The van der Waals surface area contributed by atoms with E-state index in [0.717, 1.165) is 12.3 Å². The number of thioether (sulfide) groups is 1. The summed E-state index contributed by atoms with van der Waals surface area (Å²) >= 11 is 1.83. The Morgan fingerprint density at radius 1 is 1.50 bits per heavy atom. The zero-order valence-corrected chi connectivity index (χ0v) is 7.58. The van der Waals surface area contributed by atoms with Crippen molar-refractivity contribution >= 4 is 11.8 Å². The van der Waals surface area contributed by atoms with Crippen LogP contribution in [0.2, 0.25) is 0 Å². The van der Waals surface area contributed by atoms with Crippen molar-refractivity contribution in [1.82, 2.24) is 4.90 Å². The number of rotatable bonds is 5. The van der Waals surface area contributed by atoms with Crippen LogP contribution in [0.4, 0.5) is 0 Å². The molecule has 0 unspecified atom stereocenters. The first kappa shape index (κ1) is 9.87. The first-order valence-electron chi connectivity index (χ1n) is 3.43. The van der Waals surface area contributed by atoms with Gasteiger partial charge in [-0.3, -0.25) is 0 Å². The van der Waals surface area contributed by atoms with Crippen LogP contribution in [0, 0.1) is 12.3 Å². The van der Waals surface area contributed by atoms with E-state index in [4.69, 9.17) is 6.42 Å². The molecule has 0 heterocycles. The largest absolute Gasteiger partial charge is 0.309 e. The van der Waals surface area contributed by atoms with Gasteiger partial charge in [0, 0.05) is 0 Å². The van der Waals surface area contributed by atoms with E-state index in [1.165, 1.54) is 12.2 Å². The Hall–Kier alpha value is -0.130. The molecule has 0 bridgehead atoms. The van der Waals surface area contributed by atoms with Crippen LogP contribution in [0.25, 0.3) is 0 Å². The van der Waals surface area contributed by atoms with Crippen molar-refractivity contribution < 1.29 is 0 Å². The summed E-state index contributed by atoms with van der Waals surface area (Å²) in [6.45, 7) is 1.16. The van der Waals surface area contributed by atoms with Gasteiger partial charge in [0.25, 0.3) is 0 Å². The summed E-state index contributed by atoms with van der Waals surface area (Å²) in [5, 5.41) is 0. The summed E-state index contributed by atoms with van der Waals surface area (Å²) in [5.74, 6) is 4.64. The number of hydrogen-bond donors (Lipinski definition) is 0. The second-order valence-electron chi connectivity index (χ2n) is 2.41. The van der Waals surface area contributed by atoms with Crippen molar-refractivity contribution in [3.05, 3.63) is 0 Å².